The first-order valence-corrected chi connectivity index (χ1v) is 8.25. The topological polar surface area (TPSA) is 34.4 Å². The van der Waals surface area contributed by atoms with Gasteiger partial charge in [0.2, 0.25) is 0 Å². The number of fused-ring (bicyclic) bond motifs is 1. The van der Waals surface area contributed by atoms with Crippen LogP contribution in [0.5, 0.6) is 0 Å². The lowest BCUT2D eigenvalue weighted by Gasteiger charge is -2.07. The molecule has 3 nitrogen and oxygen atoms in total. The number of thiazole rings is 1. The Morgan fingerprint density at radius 3 is 3.06 bits per heavy atom. The van der Waals surface area contributed by atoms with Crippen molar-refractivity contribution in [3.05, 3.63) is 33.2 Å². The van der Waals surface area contributed by atoms with Crippen LogP contribution in [-0.4, -0.2) is 14.6 Å². The Hall–Kier alpha value is -0.810. The predicted molar refractivity (Wildman–Crippen MR) is 77.6 cm³/mol. The Labute approximate surface area is 114 Å². The smallest absolute Gasteiger partial charge is 0.258 e. The van der Waals surface area contributed by atoms with Crippen molar-refractivity contribution in [1.29, 1.82) is 0 Å². The molecule has 0 radical (unpaired) electrons. The van der Waals surface area contributed by atoms with Gasteiger partial charge in [-0.25, -0.2) is 4.98 Å². The molecule has 2 aromatic heterocycles. The van der Waals surface area contributed by atoms with E-state index in [-0.39, 0.29) is 5.56 Å². The molecule has 1 fully saturated rings. The van der Waals surface area contributed by atoms with Gasteiger partial charge in [0.05, 0.1) is 5.69 Å². The van der Waals surface area contributed by atoms with Gasteiger partial charge in [-0.05, 0) is 19.8 Å². The highest BCUT2D eigenvalue weighted by Crippen LogP contribution is 2.31. The number of hydrogen-bond donors (Lipinski definition) is 0. The zero-order valence-corrected chi connectivity index (χ0v) is 12.0. The molecule has 2 heterocycles. The van der Waals surface area contributed by atoms with Gasteiger partial charge in [-0.15, -0.1) is 11.3 Å². The second kappa shape index (κ2) is 5.05. The highest BCUT2D eigenvalue weighted by atomic mass is 32.2. The molecule has 1 aliphatic carbocycles. The summed E-state index contributed by atoms with van der Waals surface area (Å²) < 4.78 is 1.69. The molecule has 2 aromatic rings. The molecule has 0 aliphatic heterocycles. The van der Waals surface area contributed by atoms with E-state index in [1.807, 2.05) is 24.1 Å². The fourth-order valence-electron chi connectivity index (χ4n) is 2.43. The predicted octanol–water partition coefficient (Wildman–Crippen LogP) is 3.24. The fourth-order valence-corrected chi connectivity index (χ4v) is 4.54. The van der Waals surface area contributed by atoms with Gasteiger partial charge in [-0.1, -0.05) is 12.8 Å². The van der Waals surface area contributed by atoms with Gasteiger partial charge in [-0.2, -0.15) is 11.8 Å². The van der Waals surface area contributed by atoms with E-state index in [0.29, 0.717) is 0 Å². The molecule has 0 bridgehead atoms. The Kier molecular flexibility index (Phi) is 3.43. The lowest BCUT2D eigenvalue weighted by Crippen LogP contribution is -2.15. The van der Waals surface area contributed by atoms with Gasteiger partial charge in [0.15, 0.2) is 4.96 Å². The van der Waals surface area contributed by atoms with Gasteiger partial charge >= 0.3 is 0 Å². The number of thioether (sulfide) groups is 1. The van der Waals surface area contributed by atoms with Crippen molar-refractivity contribution >= 4 is 28.1 Å². The average molecular weight is 280 g/mol. The maximum absolute atomic E-state index is 12.0. The molecule has 0 atom stereocenters. The number of aromatic nitrogens is 2. The molecule has 0 spiro atoms. The van der Waals surface area contributed by atoms with Crippen LogP contribution in [0.25, 0.3) is 4.96 Å². The average Bonchev–Trinajstić information content (AvgIpc) is 2.97. The Morgan fingerprint density at radius 1 is 1.50 bits per heavy atom. The molecular weight excluding hydrogens is 264 g/mol. The first kappa shape index (κ1) is 12.2. The van der Waals surface area contributed by atoms with Gasteiger partial charge in [0, 0.05) is 28.1 Å². The van der Waals surface area contributed by atoms with Gasteiger partial charge in [0.1, 0.15) is 0 Å². The highest BCUT2D eigenvalue weighted by molar-refractivity contribution is 7.99. The number of nitrogens with zero attached hydrogens (tertiary/aromatic N) is 2. The third-order valence-electron chi connectivity index (χ3n) is 3.40. The van der Waals surface area contributed by atoms with E-state index in [9.17, 15) is 4.79 Å². The zero-order valence-electron chi connectivity index (χ0n) is 10.4. The van der Waals surface area contributed by atoms with E-state index in [4.69, 9.17) is 0 Å². The van der Waals surface area contributed by atoms with Crippen molar-refractivity contribution in [1.82, 2.24) is 9.38 Å². The van der Waals surface area contributed by atoms with E-state index in [2.05, 4.69) is 4.98 Å². The maximum atomic E-state index is 12.0. The molecule has 0 aromatic carbocycles. The zero-order chi connectivity index (χ0) is 12.5. The molecule has 1 aliphatic rings. The highest BCUT2D eigenvalue weighted by Gasteiger charge is 2.16. The second-order valence-electron chi connectivity index (χ2n) is 4.80. The van der Waals surface area contributed by atoms with Crippen LogP contribution in [0.3, 0.4) is 0 Å². The molecule has 3 rings (SSSR count). The Balaban J connectivity index is 1.82. The summed E-state index contributed by atoms with van der Waals surface area (Å²) in [6, 6.07) is 1.69. The third-order valence-corrected chi connectivity index (χ3v) is 5.75. The molecule has 18 heavy (non-hydrogen) atoms. The minimum atomic E-state index is 0.0563. The van der Waals surface area contributed by atoms with Crippen molar-refractivity contribution in [3.63, 3.8) is 0 Å². The summed E-state index contributed by atoms with van der Waals surface area (Å²) in [6.07, 6.45) is 5.36. The molecular formula is C13H16N2OS2. The monoisotopic (exact) mass is 280 g/mol. The quantitative estimate of drug-likeness (QED) is 0.865. The van der Waals surface area contributed by atoms with Crippen LogP contribution in [-0.2, 0) is 5.75 Å². The van der Waals surface area contributed by atoms with Crippen LogP contribution in [0.1, 0.15) is 37.1 Å². The SMILES string of the molecule is Cc1csc2nc(CSC3CCCC3)cc(=O)n12. The van der Waals surface area contributed by atoms with Gasteiger partial charge < -0.3 is 0 Å². The van der Waals surface area contributed by atoms with Crippen LogP contribution >= 0.6 is 23.1 Å². The first-order valence-electron chi connectivity index (χ1n) is 6.32. The van der Waals surface area contributed by atoms with Crippen LogP contribution in [0.4, 0.5) is 0 Å². The summed E-state index contributed by atoms with van der Waals surface area (Å²) in [5.74, 6) is 0.868. The largest absolute Gasteiger partial charge is 0.269 e. The number of aryl methyl sites for hydroxylation is 1. The summed E-state index contributed by atoms with van der Waals surface area (Å²) in [6.45, 7) is 1.94. The van der Waals surface area contributed by atoms with E-state index in [0.717, 1.165) is 27.4 Å². The van der Waals surface area contributed by atoms with Crippen LogP contribution in [0.15, 0.2) is 16.2 Å². The third kappa shape index (κ3) is 2.34. The summed E-state index contributed by atoms with van der Waals surface area (Å²) >= 11 is 3.50. The van der Waals surface area contributed by atoms with Gasteiger partial charge in [-0.3, -0.25) is 9.20 Å². The second-order valence-corrected chi connectivity index (χ2v) is 6.92. The summed E-state index contributed by atoms with van der Waals surface area (Å²) in [7, 11) is 0. The van der Waals surface area contributed by atoms with Crippen LogP contribution < -0.4 is 5.56 Å². The minimum Gasteiger partial charge on any atom is -0.269 e. The maximum Gasteiger partial charge on any atom is 0.258 e. The van der Waals surface area contributed by atoms with Crippen molar-refractivity contribution in [2.75, 3.05) is 0 Å². The molecule has 0 amide bonds. The molecule has 0 N–H and O–H groups in total. The fraction of sp³-hybridized carbons (Fsp3) is 0.538. The van der Waals surface area contributed by atoms with Crippen molar-refractivity contribution < 1.29 is 0 Å². The van der Waals surface area contributed by atoms with Crippen LogP contribution in [0.2, 0.25) is 0 Å². The van der Waals surface area contributed by atoms with E-state index < -0.39 is 0 Å². The molecule has 5 heteroatoms. The Bertz CT molecular complexity index is 611. The normalized spacial score (nSPS) is 16.7. The van der Waals surface area contributed by atoms with Crippen LogP contribution in [0, 0.1) is 6.92 Å². The van der Waals surface area contributed by atoms with Crippen molar-refractivity contribution in [2.24, 2.45) is 0 Å². The van der Waals surface area contributed by atoms with E-state index in [1.54, 1.807) is 21.8 Å². The van der Waals surface area contributed by atoms with Crippen molar-refractivity contribution in [2.45, 2.75) is 43.6 Å². The standard InChI is InChI=1S/C13H16N2OS2/c1-9-7-18-13-14-10(6-12(16)15(9)13)8-17-11-4-2-3-5-11/h6-7,11H,2-5,8H2,1H3. The first-order chi connectivity index (χ1) is 8.74. The lowest BCUT2D eigenvalue weighted by molar-refractivity contribution is 0.886. The molecule has 96 valence electrons. The van der Waals surface area contributed by atoms with E-state index in [1.165, 1.54) is 25.7 Å². The van der Waals surface area contributed by atoms with E-state index >= 15 is 0 Å². The Morgan fingerprint density at radius 2 is 2.28 bits per heavy atom. The summed E-state index contributed by atoms with van der Waals surface area (Å²) in [5, 5.41) is 2.76. The summed E-state index contributed by atoms with van der Waals surface area (Å²) in [5.41, 5.74) is 1.96. The van der Waals surface area contributed by atoms with Crippen molar-refractivity contribution in [3.8, 4) is 0 Å². The number of rotatable bonds is 3. The molecule has 0 saturated heterocycles. The minimum absolute atomic E-state index is 0.0563. The molecule has 0 unspecified atom stereocenters. The summed E-state index contributed by atoms with van der Waals surface area (Å²) in [4.78, 5) is 17.4. The van der Waals surface area contributed by atoms with Gasteiger partial charge in [0.25, 0.3) is 5.56 Å². The number of hydrogen-bond acceptors (Lipinski definition) is 4. The molecule has 1 saturated carbocycles. The lowest BCUT2D eigenvalue weighted by atomic mass is 10.4.